The van der Waals surface area contributed by atoms with E-state index < -0.39 is 0 Å². The van der Waals surface area contributed by atoms with Crippen LogP contribution in [-0.4, -0.2) is 25.2 Å². The molecule has 4 heteroatoms. The third-order valence-corrected chi connectivity index (χ3v) is 1.14. The summed E-state index contributed by atoms with van der Waals surface area (Å²) in [6.45, 7) is 4.13. The zero-order valence-corrected chi connectivity index (χ0v) is 6.76. The molecule has 4 nitrogen and oxygen atoms in total. The molecule has 0 fully saturated rings. The minimum atomic E-state index is -0.381. The van der Waals surface area contributed by atoms with E-state index in [0.29, 0.717) is 6.54 Å². The summed E-state index contributed by atoms with van der Waals surface area (Å²) in [5.41, 5.74) is 0. The second kappa shape index (κ2) is 5.69. The molecule has 0 rings (SSSR count). The first-order valence-corrected chi connectivity index (χ1v) is 3.49. The minimum absolute atomic E-state index is 0.172. The van der Waals surface area contributed by atoms with Gasteiger partial charge in [-0.15, -0.1) is 0 Å². The van der Waals surface area contributed by atoms with Crippen LogP contribution in [0, 0.1) is 11.3 Å². The number of esters is 1. The van der Waals surface area contributed by atoms with Crippen molar-refractivity contribution in [3.05, 3.63) is 0 Å². The molecule has 1 unspecified atom stereocenters. The molecular formula is C7H12N2O2. The molecule has 0 aliphatic carbocycles. The Kier molecular flexibility index (Phi) is 5.13. The molecule has 0 heterocycles. The van der Waals surface area contributed by atoms with Gasteiger partial charge >= 0.3 is 5.97 Å². The van der Waals surface area contributed by atoms with Crippen molar-refractivity contribution in [2.75, 3.05) is 13.2 Å². The normalized spacial score (nSPS) is 11.7. The number of nitrogens with one attached hydrogen (secondary N) is 1. The van der Waals surface area contributed by atoms with Gasteiger partial charge in [-0.05, 0) is 13.5 Å². The molecule has 0 saturated carbocycles. The lowest BCUT2D eigenvalue weighted by Crippen LogP contribution is -2.35. The fourth-order valence-corrected chi connectivity index (χ4v) is 0.618. The maximum Gasteiger partial charge on any atom is 0.323 e. The van der Waals surface area contributed by atoms with Gasteiger partial charge in [-0.25, -0.2) is 0 Å². The lowest BCUT2D eigenvalue weighted by atomic mass is 10.3. The number of likely N-dealkylation sites (N-methyl/N-ethyl adjacent to an activating group) is 1. The Morgan fingerprint density at radius 1 is 1.82 bits per heavy atom. The van der Waals surface area contributed by atoms with Crippen LogP contribution in [-0.2, 0) is 9.53 Å². The van der Waals surface area contributed by atoms with Crippen molar-refractivity contribution in [2.24, 2.45) is 0 Å². The maximum atomic E-state index is 10.9. The van der Waals surface area contributed by atoms with Crippen LogP contribution in [0.2, 0.25) is 0 Å². The summed E-state index contributed by atoms with van der Waals surface area (Å²) in [6.07, 6.45) is 0. The predicted molar refractivity (Wildman–Crippen MR) is 39.7 cm³/mol. The van der Waals surface area contributed by atoms with Crippen molar-refractivity contribution in [1.29, 1.82) is 5.26 Å². The van der Waals surface area contributed by atoms with E-state index in [0.717, 1.165) is 0 Å². The molecule has 0 aliphatic heterocycles. The highest BCUT2D eigenvalue weighted by Crippen LogP contribution is 1.86. The molecule has 0 aromatic carbocycles. The number of nitriles is 1. The lowest BCUT2D eigenvalue weighted by molar-refractivity contribution is -0.144. The summed E-state index contributed by atoms with van der Waals surface area (Å²) in [5.74, 6) is -0.381. The summed E-state index contributed by atoms with van der Waals surface area (Å²) in [6, 6.07) is 1.40. The van der Waals surface area contributed by atoms with Crippen molar-refractivity contribution in [1.82, 2.24) is 5.32 Å². The van der Waals surface area contributed by atoms with Gasteiger partial charge in [0.1, 0.15) is 12.1 Å². The van der Waals surface area contributed by atoms with Gasteiger partial charge < -0.3 is 10.1 Å². The number of rotatable bonds is 4. The average Bonchev–Trinajstić information content (AvgIpc) is 2.00. The van der Waals surface area contributed by atoms with Gasteiger partial charge in [0.15, 0.2) is 6.61 Å². The Balaban J connectivity index is 3.57. The Labute approximate surface area is 66.1 Å². The maximum absolute atomic E-state index is 10.9. The fraction of sp³-hybridized carbons (Fsp3) is 0.714. The second-order valence-electron chi connectivity index (χ2n) is 2.05. The van der Waals surface area contributed by atoms with E-state index >= 15 is 0 Å². The van der Waals surface area contributed by atoms with E-state index in [1.807, 2.05) is 6.92 Å². The van der Waals surface area contributed by atoms with Crippen LogP contribution in [0.1, 0.15) is 13.8 Å². The molecule has 0 saturated heterocycles. The molecule has 0 aromatic heterocycles. The van der Waals surface area contributed by atoms with Gasteiger partial charge in [0.2, 0.25) is 0 Å². The minimum Gasteiger partial charge on any atom is -0.449 e. The molecular weight excluding hydrogens is 144 g/mol. The number of hydrogen-bond acceptors (Lipinski definition) is 4. The molecule has 11 heavy (non-hydrogen) atoms. The van der Waals surface area contributed by atoms with E-state index in [2.05, 4.69) is 10.1 Å². The van der Waals surface area contributed by atoms with E-state index in [9.17, 15) is 4.79 Å². The van der Waals surface area contributed by atoms with Gasteiger partial charge in [-0.2, -0.15) is 5.26 Å². The number of nitrogens with zero attached hydrogens (tertiary/aromatic N) is 1. The molecule has 62 valence electrons. The van der Waals surface area contributed by atoms with Crippen LogP contribution >= 0.6 is 0 Å². The Hall–Kier alpha value is -1.08. The van der Waals surface area contributed by atoms with Crippen LogP contribution in [0.15, 0.2) is 0 Å². The zero-order chi connectivity index (χ0) is 8.69. The van der Waals surface area contributed by atoms with Crippen molar-refractivity contribution < 1.29 is 9.53 Å². The molecule has 1 atom stereocenters. The predicted octanol–water partition coefficient (Wildman–Crippen LogP) is 0.0512. The van der Waals surface area contributed by atoms with E-state index in [1.165, 1.54) is 0 Å². The van der Waals surface area contributed by atoms with Gasteiger partial charge in [0, 0.05) is 0 Å². The summed E-state index contributed by atoms with van der Waals surface area (Å²) in [5, 5.41) is 10.9. The topological polar surface area (TPSA) is 62.1 Å². The molecule has 0 spiro atoms. The lowest BCUT2D eigenvalue weighted by Gasteiger charge is -2.08. The van der Waals surface area contributed by atoms with Crippen LogP contribution in [0.5, 0.6) is 0 Å². The Morgan fingerprint density at radius 3 is 2.91 bits per heavy atom. The van der Waals surface area contributed by atoms with Crippen LogP contribution in [0.4, 0.5) is 0 Å². The van der Waals surface area contributed by atoms with Crippen molar-refractivity contribution in [3.8, 4) is 6.07 Å². The molecule has 0 amide bonds. The smallest absolute Gasteiger partial charge is 0.323 e. The number of carbonyl (C=O) groups excluding carboxylic acids is 1. The fourth-order valence-electron chi connectivity index (χ4n) is 0.618. The first-order valence-electron chi connectivity index (χ1n) is 3.49. The number of ether oxygens (including phenoxy) is 1. The van der Waals surface area contributed by atoms with Crippen LogP contribution < -0.4 is 5.32 Å². The van der Waals surface area contributed by atoms with Gasteiger partial charge in [-0.1, -0.05) is 6.92 Å². The first-order chi connectivity index (χ1) is 5.22. The second-order valence-corrected chi connectivity index (χ2v) is 2.05. The third-order valence-electron chi connectivity index (χ3n) is 1.14. The highest BCUT2D eigenvalue weighted by Gasteiger charge is 2.11. The van der Waals surface area contributed by atoms with Crippen molar-refractivity contribution in [3.63, 3.8) is 0 Å². The van der Waals surface area contributed by atoms with Crippen LogP contribution in [0.25, 0.3) is 0 Å². The van der Waals surface area contributed by atoms with Crippen molar-refractivity contribution >= 4 is 5.97 Å². The molecule has 0 aliphatic rings. The Morgan fingerprint density at radius 2 is 2.45 bits per heavy atom. The summed E-state index contributed by atoms with van der Waals surface area (Å²) < 4.78 is 4.54. The summed E-state index contributed by atoms with van der Waals surface area (Å²) in [7, 11) is 0. The molecule has 1 N–H and O–H groups in total. The standard InChI is InChI=1S/C7H12N2O2/c1-3-9-6(2)7(10)11-5-4-8/h6,9H,3,5H2,1-2H3. The first kappa shape index (κ1) is 9.92. The summed E-state index contributed by atoms with van der Waals surface area (Å²) >= 11 is 0. The molecule has 0 bridgehead atoms. The van der Waals surface area contributed by atoms with Gasteiger partial charge in [0.25, 0.3) is 0 Å². The van der Waals surface area contributed by atoms with E-state index in [-0.39, 0.29) is 18.6 Å². The van der Waals surface area contributed by atoms with E-state index in [1.54, 1.807) is 13.0 Å². The van der Waals surface area contributed by atoms with E-state index in [4.69, 9.17) is 5.26 Å². The Bertz CT molecular complexity index is 162. The third kappa shape index (κ3) is 4.34. The average molecular weight is 156 g/mol. The monoisotopic (exact) mass is 156 g/mol. The highest BCUT2D eigenvalue weighted by molar-refractivity contribution is 5.75. The number of hydrogen-bond donors (Lipinski definition) is 1. The molecule has 0 aromatic rings. The largest absolute Gasteiger partial charge is 0.449 e. The van der Waals surface area contributed by atoms with Gasteiger partial charge in [0.05, 0.1) is 0 Å². The quantitative estimate of drug-likeness (QED) is 0.584. The molecule has 0 radical (unpaired) electrons. The summed E-state index contributed by atoms with van der Waals surface area (Å²) in [4.78, 5) is 10.9. The van der Waals surface area contributed by atoms with Gasteiger partial charge in [-0.3, -0.25) is 4.79 Å². The highest BCUT2D eigenvalue weighted by atomic mass is 16.5. The van der Waals surface area contributed by atoms with Crippen LogP contribution in [0.3, 0.4) is 0 Å². The number of carbonyl (C=O) groups is 1. The zero-order valence-electron chi connectivity index (χ0n) is 6.76. The SMILES string of the molecule is CCNC(C)C(=O)OCC#N. The van der Waals surface area contributed by atoms with Crippen molar-refractivity contribution in [2.45, 2.75) is 19.9 Å².